The number of carbonyl (C=O) groups is 1. The fourth-order valence-electron chi connectivity index (χ4n) is 1.80. The van der Waals surface area contributed by atoms with Crippen LogP contribution in [0.5, 0.6) is 0 Å². The lowest BCUT2D eigenvalue weighted by Gasteiger charge is -2.19. The third-order valence-electron chi connectivity index (χ3n) is 2.88. The summed E-state index contributed by atoms with van der Waals surface area (Å²) in [5.74, 6) is -0.224. The zero-order valence-electron chi connectivity index (χ0n) is 12.4. The van der Waals surface area contributed by atoms with Crippen molar-refractivity contribution in [3.63, 3.8) is 0 Å². The first-order valence-electron chi connectivity index (χ1n) is 7.01. The maximum absolute atomic E-state index is 11.8. The Morgan fingerprint density at radius 1 is 1.55 bits per heavy atom. The van der Waals surface area contributed by atoms with E-state index in [4.69, 9.17) is 4.74 Å². The quantitative estimate of drug-likeness (QED) is 0.686. The second kappa shape index (κ2) is 9.05. The average molecular weight is 300 g/mol. The Morgan fingerprint density at radius 3 is 2.85 bits per heavy atom. The zero-order chi connectivity index (χ0) is 15.0. The lowest BCUT2D eigenvalue weighted by molar-refractivity contribution is -0.127. The number of nitrogens with one attached hydrogen (secondary N) is 1. The molecule has 2 unspecified atom stereocenters. The standard InChI is InChI=1S/C14H24N2O3S/c1-4-5-6-7-19-8-13(18)16-14(10(2)17)12-9-20-11(3)15-12/h9-10,14,17H,4-8H2,1-3H3,(H,16,18). The monoisotopic (exact) mass is 300 g/mol. The predicted octanol–water partition coefficient (Wildman–Crippen LogP) is 2.20. The van der Waals surface area contributed by atoms with Crippen LogP contribution in [-0.4, -0.2) is 35.3 Å². The molecule has 0 spiro atoms. The van der Waals surface area contributed by atoms with Gasteiger partial charge in [0.1, 0.15) is 6.61 Å². The number of hydrogen-bond donors (Lipinski definition) is 2. The van der Waals surface area contributed by atoms with Crippen LogP contribution >= 0.6 is 11.3 Å². The van der Waals surface area contributed by atoms with Crippen LogP contribution in [0.15, 0.2) is 5.38 Å². The highest BCUT2D eigenvalue weighted by Gasteiger charge is 2.22. The molecule has 0 saturated carbocycles. The number of thiazole rings is 1. The molecule has 1 heterocycles. The first-order valence-corrected chi connectivity index (χ1v) is 7.89. The number of aromatic nitrogens is 1. The summed E-state index contributed by atoms with van der Waals surface area (Å²) in [4.78, 5) is 16.1. The summed E-state index contributed by atoms with van der Waals surface area (Å²) in [5, 5.41) is 15.3. The van der Waals surface area contributed by atoms with Gasteiger partial charge in [-0.25, -0.2) is 4.98 Å². The van der Waals surface area contributed by atoms with E-state index in [0.29, 0.717) is 12.3 Å². The molecule has 0 aliphatic carbocycles. The van der Waals surface area contributed by atoms with Crippen LogP contribution in [0.2, 0.25) is 0 Å². The van der Waals surface area contributed by atoms with Crippen LogP contribution in [0.25, 0.3) is 0 Å². The minimum atomic E-state index is -0.694. The summed E-state index contributed by atoms with van der Waals surface area (Å²) in [5.41, 5.74) is 0.696. The molecule has 1 aromatic heterocycles. The van der Waals surface area contributed by atoms with Crippen LogP contribution in [0.3, 0.4) is 0 Å². The zero-order valence-corrected chi connectivity index (χ0v) is 13.2. The Labute approximate surface area is 124 Å². The average Bonchev–Trinajstić information content (AvgIpc) is 2.81. The van der Waals surface area contributed by atoms with Crippen LogP contribution < -0.4 is 5.32 Å². The van der Waals surface area contributed by atoms with Gasteiger partial charge >= 0.3 is 0 Å². The Hall–Kier alpha value is -0.980. The minimum Gasteiger partial charge on any atom is -0.391 e. The van der Waals surface area contributed by atoms with Crippen LogP contribution in [-0.2, 0) is 9.53 Å². The van der Waals surface area contributed by atoms with E-state index in [1.165, 1.54) is 11.3 Å². The van der Waals surface area contributed by atoms with E-state index in [2.05, 4.69) is 17.2 Å². The van der Waals surface area contributed by atoms with Crippen molar-refractivity contribution in [3.05, 3.63) is 16.1 Å². The Balaban J connectivity index is 2.40. The van der Waals surface area contributed by atoms with Gasteiger partial charge in [-0.1, -0.05) is 19.8 Å². The van der Waals surface area contributed by atoms with E-state index in [0.717, 1.165) is 24.3 Å². The number of unbranched alkanes of at least 4 members (excludes halogenated alkanes) is 2. The maximum Gasteiger partial charge on any atom is 0.246 e. The van der Waals surface area contributed by atoms with Crippen molar-refractivity contribution < 1.29 is 14.6 Å². The van der Waals surface area contributed by atoms with Crippen molar-refractivity contribution >= 4 is 17.2 Å². The van der Waals surface area contributed by atoms with Gasteiger partial charge in [-0.15, -0.1) is 11.3 Å². The van der Waals surface area contributed by atoms with E-state index >= 15 is 0 Å². The molecule has 1 aromatic rings. The Bertz CT molecular complexity index is 407. The topological polar surface area (TPSA) is 71.5 Å². The molecule has 1 amide bonds. The van der Waals surface area contributed by atoms with Gasteiger partial charge in [0.2, 0.25) is 5.91 Å². The highest BCUT2D eigenvalue weighted by molar-refractivity contribution is 7.09. The SMILES string of the molecule is CCCCCOCC(=O)NC(c1csc(C)n1)C(C)O. The van der Waals surface area contributed by atoms with Gasteiger partial charge in [-0.2, -0.15) is 0 Å². The molecular weight excluding hydrogens is 276 g/mol. The van der Waals surface area contributed by atoms with Crippen LogP contribution in [0.4, 0.5) is 0 Å². The van der Waals surface area contributed by atoms with Crippen molar-refractivity contribution in [3.8, 4) is 0 Å². The van der Waals surface area contributed by atoms with Crippen molar-refractivity contribution in [2.75, 3.05) is 13.2 Å². The number of hydrogen-bond acceptors (Lipinski definition) is 5. The lowest BCUT2D eigenvalue weighted by atomic mass is 10.1. The van der Waals surface area contributed by atoms with Crippen molar-refractivity contribution in [1.82, 2.24) is 10.3 Å². The smallest absolute Gasteiger partial charge is 0.246 e. The molecule has 0 saturated heterocycles. The van der Waals surface area contributed by atoms with Crippen LogP contribution in [0, 0.1) is 6.92 Å². The molecule has 0 aromatic carbocycles. The van der Waals surface area contributed by atoms with Gasteiger partial charge in [0.05, 0.1) is 22.8 Å². The molecular formula is C14H24N2O3S. The molecule has 5 nitrogen and oxygen atoms in total. The normalized spacial score (nSPS) is 14.0. The van der Waals surface area contributed by atoms with Crippen molar-refractivity contribution in [2.45, 2.75) is 52.2 Å². The number of aliphatic hydroxyl groups is 1. The number of carbonyl (C=O) groups excluding carboxylic acids is 1. The van der Waals surface area contributed by atoms with E-state index < -0.39 is 12.1 Å². The number of ether oxygens (including phenoxy) is 1. The predicted molar refractivity (Wildman–Crippen MR) is 79.8 cm³/mol. The van der Waals surface area contributed by atoms with Gasteiger partial charge < -0.3 is 15.2 Å². The van der Waals surface area contributed by atoms with E-state index in [9.17, 15) is 9.90 Å². The molecule has 114 valence electrons. The first kappa shape index (κ1) is 17.1. The van der Waals surface area contributed by atoms with Gasteiger partial charge in [0.25, 0.3) is 0 Å². The summed E-state index contributed by atoms with van der Waals surface area (Å²) in [7, 11) is 0. The van der Waals surface area contributed by atoms with Crippen molar-refractivity contribution in [1.29, 1.82) is 0 Å². The molecule has 20 heavy (non-hydrogen) atoms. The summed E-state index contributed by atoms with van der Waals surface area (Å²) < 4.78 is 5.31. The summed E-state index contributed by atoms with van der Waals surface area (Å²) in [6.45, 7) is 6.27. The van der Waals surface area contributed by atoms with Crippen LogP contribution in [0.1, 0.15) is 49.9 Å². The summed E-state index contributed by atoms with van der Waals surface area (Å²) in [6, 6.07) is -0.480. The highest BCUT2D eigenvalue weighted by Crippen LogP contribution is 2.19. The van der Waals surface area contributed by atoms with Crippen molar-refractivity contribution in [2.24, 2.45) is 0 Å². The molecule has 0 fully saturated rings. The third kappa shape index (κ3) is 5.98. The van der Waals surface area contributed by atoms with Gasteiger partial charge in [0, 0.05) is 12.0 Å². The van der Waals surface area contributed by atoms with Gasteiger partial charge in [-0.05, 0) is 20.3 Å². The Kier molecular flexibility index (Phi) is 7.72. The fourth-order valence-corrected chi connectivity index (χ4v) is 2.45. The molecule has 6 heteroatoms. The maximum atomic E-state index is 11.8. The number of rotatable bonds is 9. The number of amides is 1. The lowest BCUT2D eigenvalue weighted by Crippen LogP contribution is -2.37. The summed E-state index contributed by atoms with van der Waals surface area (Å²) >= 11 is 1.50. The second-order valence-electron chi connectivity index (χ2n) is 4.84. The third-order valence-corrected chi connectivity index (χ3v) is 3.67. The van der Waals surface area contributed by atoms with E-state index in [1.54, 1.807) is 6.92 Å². The van der Waals surface area contributed by atoms with Gasteiger partial charge in [-0.3, -0.25) is 4.79 Å². The molecule has 0 aliphatic rings. The molecule has 0 aliphatic heterocycles. The highest BCUT2D eigenvalue weighted by atomic mass is 32.1. The van der Waals surface area contributed by atoms with E-state index in [-0.39, 0.29) is 12.5 Å². The molecule has 0 bridgehead atoms. The first-order chi connectivity index (χ1) is 9.54. The molecule has 1 rings (SSSR count). The minimum absolute atomic E-state index is 0.0239. The summed E-state index contributed by atoms with van der Waals surface area (Å²) in [6.07, 6.45) is 2.51. The second-order valence-corrected chi connectivity index (χ2v) is 5.90. The van der Waals surface area contributed by atoms with E-state index in [1.807, 2.05) is 12.3 Å². The number of nitrogens with zero attached hydrogens (tertiary/aromatic N) is 1. The number of aliphatic hydroxyl groups excluding tert-OH is 1. The fraction of sp³-hybridized carbons (Fsp3) is 0.714. The Morgan fingerprint density at radius 2 is 2.30 bits per heavy atom. The number of aryl methyl sites for hydroxylation is 1. The molecule has 0 radical (unpaired) electrons. The molecule has 2 atom stereocenters. The largest absolute Gasteiger partial charge is 0.391 e. The molecule has 2 N–H and O–H groups in total. The van der Waals surface area contributed by atoms with Gasteiger partial charge in [0.15, 0.2) is 0 Å².